The fourth-order valence-corrected chi connectivity index (χ4v) is 4.65. The molecule has 0 bridgehead atoms. The number of nitrogens with zero attached hydrogens (tertiary/aromatic N) is 3. The maximum absolute atomic E-state index is 13.0. The quantitative estimate of drug-likeness (QED) is 0.565. The number of hydrogen-bond acceptors (Lipinski definition) is 4. The molecule has 1 fully saturated rings. The van der Waals surface area contributed by atoms with Crippen molar-refractivity contribution in [3.8, 4) is 5.75 Å². The van der Waals surface area contributed by atoms with Crippen LogP contribution in [0, 0.1) is 12.8 Å². The van der Waals surface area contributed by atoms with Crippen molar-refractivity contribution in [2.24, 2.45) is 13.0 Å². The lowest BCUT2D eigenvalue weighted by Crippen LogP contribution is -2.34. The number of carbonyl (C=O) groups excluding carboxylic acids is 1. The van der Waals surface area contributed by atoms with E-state index in [-0.39, 0.29) is 5.91 Å². The number of hydrogen-bond donors (Lipinski definition) is 1. The van der Waals surface area contributed by atoms with Crippen molar-refractivity contribution in [2.45, 2.75) is 39.3 Å². The molecule has 33 heavy (non-hydrogen) atoms. The van der Waals surface area contributed by atoms with Crippen LogP contribution in [-0.2, 0) is 26.6 Å². The van der Waals surface area contributed by atoms with Gasteiger partial charge in [0.1, 0.15) is 5.75 Å². The Morgan fingerprint density at radius 3 is 2.52 bits per heavy atom. The second-order valence-corrected chi connectivity index (χ2v) is 9.01. The van der Waals surface area contributed by atoms with Crippen molar-refractivity contribution in [1.29, 1.82) is 0 Å². The van der Waals surface area contributed by atoms with Crippen LogP contribution in [0.4, 0.5) is 0 Å². The number of aryl methyl sites for hydroxylation is 2. The Morgan fingerprint density at radius 2 is 1.79 bits per heavy atom. The third kappa shape index (κ3) is 5.82. The van der Waals surface area contributed by atoms with Gasteiger partial charge in [0.25, 0.3) is 5.91 Å². The minimum absolute atomic E-state index is 0.0824. The minimum atomic E-state index is -0.0824. The van der Waals surface area contributed by atoms with Gasteiger partial charge in [-0.3, -0.25) is 14.4 Å². The van der Waals surface area contributed by atoms with E-state index in [0.29, 0.717) is 18.0 Å². The molecule has 2 heterocycles. The molecule has 0 aliphatic carbocycles. The van der Waals surface area contributed by atoms with E-state index in [2.05, 4.69) is 46.5 Å². The topological polar surface area (TPSA) is 59.4 Å². The molecule has 1 aliphatic rings. The molecule has 1 amide bonds. The van der Waals surface area contributed by atoms with Gasteiger partial charge in [-0.15, -0.1) is 0 Å². The van der Waals surface area contributed by atoms with Crippen molar-refractivity contribution in [3.63, 3.8) is 0 Å². The molecule has 1 saturated heterocycles. The van der Waals surface area contributed by atoms with Crippen LogP contribution in [0.1, 0.15) is 45.6 Å². The van der Waals surface area contributed by atoms with Gasteiger partial charge >= 0.3 is 0 Å². The highest BCUT2D eigenvalue weighted by atomic mass is 16.5. The number of benzene rings is 2. The van der Waals surface area contributed by atoms with Gasteiger partial charge < -0.3 is 10.1 Å². The van der Waals surface area contributed by atoms with Gasteiger partial charge in [0.2, 0.25) is 0 Å². The van der Waals surface area contributed by atoms with Gasteiger partial charge in [-0.25, -0.2) is 0 Å². The molecule has 2 aromatic carbocycles. The zero-order valence-corrected chi connectivity index (χ0v) is 19.9. The van der Waals surface area contributed by atoms with Crippen molar-refractivity contribution in [1.82, 2.24) is 20.0 Å². The molecular weight excluding hydrogens is 412 g/mol. The Hall–Kier alpha value is -3.12. The zero-order chi connectivity index (χ0) is 23.2. The van der Waals surface area contributed by atoms with E-state index in [1.807, 2.05) is 37.5 Å². The molecular formula is C27H34N4O2. The number of carbonyl (C=O) groups is 1. The van der Waals surface area contributed by atoms with Crippen molar-refractivity contribution in [3.05, 3.63) is 82.7 Å². The summed E-state index contributed by atoms with van der Waals surface area (Å²) in [6.07, 6.45) is 4.94. The first-order valence-electron chi connectivity index (χ1n) is 11.7. The molecule has 6 heteroatoms. The molecule has 0 saturated carbocycles. The molecule has 0 radical (unpaired) electrons. The van der Waals surface area contributed by atoms with Gasteiger partial charge in [0.15, 0.2) is 0 Å². The van der Waals surface area contributed by atoms with E-state index in [1.165, 1.54) is 11.1 Å². The summed E-state index contributed by atoms with van der Waals surface area (Å²) in [4.78, 5) is 15.5. The number of rotatable bonds is 8. The average Bonchev–Trinajstić information content (AvgIpc) is 3.20. The monoisotopic (exact) mass is 446 g/mol. The van der Waals surface area contributed by atoms with Gasteiger partial charge in [0, 0.05) is 31.9 Å². The van der Waals surface area contributed by atoms with E-state index in [9.17, 15) is 4.79 Å². The Bertz CT molecular complexity index is 1080. The maximum atomic E-state index is 13.0. The summed E-state index contributed by atoms with van der Waals surface area (Å²) in [5.74, 6) is 1.25. The SMILES string of the molecule is COc1ccccc1CNC(=O)c1cn(C)nc1CC1CCN(Cc2ccccc2C)CC1. The number of nitrogens with one attached hydrogen (secondary N) is 1. The lowest BCUT2D eigenvalue weighted by atomic mass is 9.90. The normalized spacial score (nSPS) is 14.9. The highest BCUT2D eigenvalue weighted by Crippen LogP contribution is 2.24. The molecule has 1 aromatic heterocycles. The largest absolute Gasteiger partial charge is 0.496 e. The smallest absolute Gasteiger partial charge is 0.255 e. The van der Waals surface area contributed by atoms with Crippen LogP contribution in [0.5, 0.6) is 5.75 Å². The third-order valence-electron chi connectivity index (χ3n) is 6.63. The fourth-order valence-electron chi connectivity index (χ4n) is 4.65. The molecule has 0 spiro atoms. The lowest BCUT2D eigenvalue weighted by Gasteiger charge is -2.32. The first kappa shape index (κ1) is 23.1. The van der Waals surface area contributed by atoms with Crippen LogP contribution >= 0.6 is 0 Å². The van der Waals surface area contributed by atoms with Gasteiger partial charge in [-0.05, 0) is 62.4 Å². The minimum Gasteiger partial charge on any atom is -0.496 e. The molecule has 1 N–H and O–H groups in total. The van der Waals surface area contributed by atoms with E-state index in [1.54, 1.807) is 11.8 Å². The zero-order valence-electron chi connectivity index (χ0n) is 19.9. The first-order chi connectivity index (χ1) is 16.0. The summed E-state index contributed by atoms with van der Waals surface area (Å²) >= 11 is 0. The van der Waals surface area contributed by atoms with Crippen LogP contribution in [-0.4, -0.2) is 40.8 Å². The highest BCUT2D eigenvalue weighted by molar-refractivity contribution is 5.95. The first-order valence-corrected chi connectivity index (χ1v) is 11.7. The van der Waals surface area contributed by atoms with Crippen LogP contribution in [0.3, 0.4) is 0 Å². The van der Waals surface area contributed by atoms with E-state index in [4.69, 9.17) is 4.74 Å². The number of piperidine rings is 1. The van der Waals surface area contributed by atoms with E-state index in [0.717, 1.165) is 55.9 Å². The Morgan fingerprint density at radius 1 is 1.09 bits per heavy atom. The van der Waals surface area contributed by atoms with E-state index >= 15 is 0 Å². The van der Waals surface area contributed by atoms with Crippen LogP contribution in [0.25, 0.3) is 0 Å². The molecule has 0 atom stereocenters. The summed E-state index contributed by atoms with van der Waals surface area (Å²) in [5, 5.41) is 7.67. The number of ether oxygens (including phenoxy) is 1. The molecule has 3 aromatic rings. The number of aromatic nitrogens is 2. The predicted octanol–water partition coefficient (Wildman–Crippen LogP) is 4.12. The van der Waals surface area contributed by atoms with Gasteiger partial charge in [0.05, 0.1) is 18.4 Å². The van der Waals surface area contributed by atoms with Crippen molar-refractivity contribution >= 4 is 5.91 Å². The summed E-state index contributed by atoms with van der Waals surface area (Å²) in [7, 11) is 3.53. The highest BCUT2D eigenvalue weighted by Gasteiger charge is 2.24. The standard InChI is InChI=1S/C27H34N4O2/c1-20-8-4-5-10-23(20)18-31-14-12-21(13-15-31)16-25-24(19-30(2)29-25)27(32)28-17-22-9-6-7-11-26(22)33-3/h4-11,19,21H,12-18H2,1-3H3,(H,28,32). The molecule has 174 valence electrons. The lowest BCUT2D eigenvalue weighted by molar-refractivity contribution is 0.0949. The molecule has 1 aliphatic heterocycles. The van der Waals surface area contributed by atoms with E-state index < -0.39 is 0 Å². The summed E-state index contributed by atoms with van der Waals surface area (Å²) in [6, 6.07) is 16.4. The fraction of sp³-hybridized carbons (Fsp3) is 0.407. The van der Waals surface area contributed by atoms with Crippen LogP contribution < -0.4 is 10.1 Å². The molecule has 6 nitrogen and oxygen atoms in total. The Labute approximate surface area is 196 Å². The summed E-state index contributed by atoms with van der Waals surface area (Å²) in [5.41, 5.74) is 5.30. The Balaban J connectivity index is 1.33. The molecule has 0 unspecified atom stereocenters. The predicted molar refractivity (Wildman–Crippen MR) is 130 cm³/mol. The van der Waals surface area contributed by atoms with Crippen LogP contribution in [0.2, 0.25) is 0 Å². The van der Waals surface area contributed by atoms with Gasteiger partial charge in [-0.1, -0.05) is 42.5 Å². The second-order valence-electron chi connectivity index (χ2n) is 9.01. The number of likely N-dealkylation sites (tertiary alicyclic amines) is 1. The summed E-state index contributed by atoms with van der Waals surface area (Å²) in [6.45, 7) is 5.79. The number of methoxy groups -OCH3 is 1. The van der Waals surface area contributed by atoms with Gasteiger partial charge in [-0.2, -0.15) is 5.10 Å². The van der Waals surface area contributed by atoms with Crippen molar-refractivity contribution < 1.29 is 9.53 Å². The second kappa shape index (κ2) is 10.7. The third-order valence-corrected chi connectivity index (χ3v) is 6.63. The average molecular weight is 447 g/mol. The summed E-state index contributed by atoms with van der Waals surface area (Å²) < 4.78 is 7.14. The van der Waals surface area contributed by atoms with Crippen molar-refractivity contribution in [2.75, 3.05) is 20.2 Å². The molecule has 4 rings (SSSR count). The number of amides is 1. The Kier molecular flexibility index (Phi) is 7.45. The van der Waals surface area contributed by atoms with Crippen LogP contribution in [0.15, 0.2) is 54.7 Å². The maximum Gasteiger partial charge on any atom is 0.255 e. The number of para-hydroxylation sites is 1.